The third-order valence-corrected chi connectivity index (χ3v) is 4.63. The molecule has 0 atom stereocenters. The van der Waals surface area contributed by atoms with Crippen LogP contribution < -0.4 is 4.74 Å². The van der Waals surface area contributed by atoms with Gasteiger partial charge in [0.25, 0.3) is 5.91 Å². The Hall–Kier alpha value is -3.74. The Bertz CT molecular complexity index is 1190. The molecule has 7 heteroatoms. The number of halogens is 1. The van der Waals surface area contributed by atoms with Gasteiger partial charge in [0, 0.05) is 18.1 Å². The molecular formula is C23H20FN3O3. The quantitative estimate of drug-likeness (QED) is 0.472. The SMILES string of the molecule is Cc1nc(CN(C)C(=O)c2ccc(COc3ccc(F)cc3)o2)nc2ccccc12. The summed E-state index contributed by atoms with van der Waals surface area (Å²) in [5, 5.41) is 0.993. The van der Waals surface area contributed by atoms with Crippen LogP contribution >= 0.6 is 0 Å². The molecule has 152 valence electrons. The molecule has 0 fully saturated rings. The molecule has 0 aliphatic rings. The number of ether oxygens (including phenoxy) is 1. The van der Waals surface area contributed by atoms with Crippen LogP contribution in [0.4, 0.5) is 4.39 Å². The topological polar surface area (TPSA) is 68.5 Å². The van der Waals surface area contributed by atoms with Gasteiger partial charge in [-0.1, -0.05) is 18.2 Å². The third kappa shape index (κ3) is 4.30. The molecule has 2 aromatic carbocycles. The number of furan rings is 1. The second kappa shape index (κ2) is 8.32. The number of hydrogen-bond acceptors (Lipinski definition) is 5. The number of amides is 1. The first-order valence-corrected chi connectivity index (χ1v) is 9.44. The Balaban J connectivity index is 1.41. The van der Waals surface area contributed by atoms with E-state index in [0.717, 1.165) is 16.6 Å². The molecular weight excluding hydrogens is 385 g/mol. The smallest absolute Gasteiger partial charge is 0.289 e. The second-order valence-corrected chi connectivity index (χ2v) is 6.91. The third-order valence-electron chi connectivity index (χ3n) is 4.63. The summed E-state index contributed by atoms with van der Waals surface area (Å²) in [5.41, 5.74) is 1.72. The van der Waals surface area contributed by atoms with Crippen LogP contribution in [0.15, 0.2) is 65.1 Å². The van der Waals surface area contributed by atoms with Gasteiger partial charge < -0.3 is 14.1 Å². The van der Waals surface area contributed by atoms with Crippen LogP contribution in [0.2, 0.25) is 0 Å². The lowest BCUT2D eigenvalue weighted by atomic mass is 10.2. The van der Waals surface area contributed by atoms with E-state index in [9.17, 15) is 9.18 Å². The number of aromatic nitrogens is 2. The average molecular weight is 405 g/mol. The number of benzene rings is 2. The van der Waals surface area contributed by atoms with Crippen LogP contribution in [0, 0.1) is 12.7 Å². The normalized spacial score (nSPS) is 10.9. The molecule has 2 heterocycles. The predicted octanol–water partition coefficient (Wildman–Crippen LogP) is 4.52. The van der Waals surface area contributed by atoms with Gasteiger partial charge in [-0.15, -0.1) is 0 Å². The monoisotopic (exact) mass is 405 g/mol. The highest BCUT2D eigenvalue weighted by atomic mass is 19.1. The fourth-order valence-corrected chi connectivity index (χ4v) is 3.09. The molecule has 0 radical (unpaired) electrons. The first kappa shape index (κ1) is 19.6. The van der Waals surface area contributed by atoms with Gasteiger partial charge in [0.05, 0.1) is 12.1 Å². The zero-order valence-corrected chi connectivity index (χ0v) is 16.6. The molecule has 0 saturated carbocycles. The first-order chi connectivity index (χ1) is 14.5. The summed E-state index contributed by atoms with van der Waals surface area (Å²) in [7, 11) is 1.67. The minimum Gasteiger partial charge on any atom is -0.486 e. The van der Waals surface area contributed by atoms with Crippen molar-refractivity contribution >= 4 is 16.8 Å². The Morgan fingerprint density at radius 2 is 1.83 bits per heavy atom. The van der Waals surface area contributed by atoms with Crippen molar-refractivity contribution in [3.8, 4) is 5.75 Å². The van der Waals surface area contributed by atoms with Crippen molar-refractivity contribution in [2.45, 2.75) is 20.1 Å². The van der Waals surface area contributed by atoms with Crippen molar-refractivity contribution in [1.29, 1.82) is 0 Å². The molecule has 0 spiro atoms. The average Bonchev–Trinajstić information content (AvgIpc) is 3.22. The van der Waals surface area contributed by atoms with Crippen molar-refractivity contribution < 1.29 is 18.3 Å². The number of rotatable bonds is 6. The Labute approximate surface area is 172 Å². The van der Waals surface area contributed by atoms with Crippen LogP contribution in [0.3, 0.4) is 0 Å². The molecule has 4 rings (SSSR count). The van der Waals surface area contributed by atoms with Crippen molar-refractivity contribution in [1.82, 2.24) is 14.9 Å². The van der Waals surface area contributed by atoms with E-state index < -0.39 is 0 Å². The zero-order chi connectivity index (χ0) is 21.1. The second-order valence-electron chi connectivity index (χ2n) is 6.91. The molecule has 2 aromatic heterocycles. The number of carbonyl (C=O) groups excluding carboxylic acids is 1. The van der Waals surface area contributed by atoms with Gasteiger partial charge in [0.1, 0.15) is 29.8 Å². The summed E-state index contributed by atoms with van der Waals surface area (Å²) >= 11 is 0. The van der Waals surface area contributed by atoms with Crippen LogP contribution in [-0.4, -0.2) is 27.8 Å². The van der Waals surface area contributed by atoms with Crippen LogP contribution in [0.1, 0.15) is 27.8 Å². The highest BCUT2D eigenvalue weighted by molar-refractivity contribution is 5.91. The van der Waals surface area contributed by atoms with Crippen molar-refractivity contribution in [3.05, 3.63) is 89.5 Å². The van der Waals surface area contributed by atoms with Crippen molar-refractivity contribution in [2.24, 2.45) is 0 Å². The highest BCUT2D eigenvalue weighted by Gasteiger charge is 2.18. The summed E-state index contributed by atoms with van der Waals surface area (Å²) in [6, 6.07) is 16.8. The number of nitrogens with zero attached hydrogens (tertiary/aromatic N) is 3. The minimum atomic E-state index is -0.332. The number of para-hydroxylation sites is 1. The molecule has 0 aliphatic carbocycles. The van der Waals surface area contributed by atoms with Crippen molar-refractivity contribution in [3.63, 3.8) is 0 Å². The van der Waals surface area contributed by atoms with E-state index in [-0.39, 0.29) is 30.6 Å². The first-order valence-electron chi connectivity index (χ1n) is 9.44. The van der Waals surface area contributed by atoms with Gasteiger partial charge in [-0.05, 0) is 49.4 Å². The summed E-state index contributed by atoms with van der Waals surface area (Å²) in [4.78, 5) is 23.3. The van der Waals surface area contributed by atoms with Gasteiger partial charge in [-0.2, -0.15) is 0 Å². The standard InChI is InChI=1S/C23H20FN3O3/c1-15-19-5-3-4-6-20(19)26-22(25-15)13-27(2)23(28)21-12-11-18(30-21)14-29-17-9-7-16(24)8-10-17/h3-12H,13-14H2,1-2H3. The lowest BCUT2D eigenvalue weighted by molar-refractivity contribution is 0.0745. The Kier molecular flexibility index (Phi) is 5.43. The molecule has 0 bridgehead atoms. The number of aryl methyl sites for hydroxylation is 1. The molecule has 30 heavy (non-hydrogen) atoms. The van der Waals surface area contributed by atoms with E-state index in [1.807, 2.05) is 31.2 Å². The van der Waals surface area contributed by atoms with E-state index >= 15 is 0 Å². The molecule has 4 aromatic rings. The zero-order valence-electron chi connectivity index (χ0n) is 16.6. The molecule has 0 unspecified atom stereocenters. The Morgan fingerprint density at radius 1 is 1.07 bits per heavy atom. The fourth-order valence-electron chi connectivity index (χ4n) is 3.09. The molecule has 0 N–H and O–H groups in total. The summed E-state index contributed by atoms with van der Waals surface area (Å²) in [6.45, 7) is 2.32. The predicted molar refractivity (Wildman–Crippen MR) is 110 cm³/mol. The largest absolute Gasteiger partial charge is 0.486 e. The number of hydrogen-bond donors (Lipinski definition) is 0. The van der Waals surface area contributed by atoms with Crippen LogP contribution in [0.25, 0.3) is 10.9 Å². The minimum absolute atomic E-state index is 0.135. The molecule has 1 amide bonds. The van der Waals surface area contributed by atoms with Crippen LogP contribution in [-0.2, 0) is 13.2 Å². The van der Waals surface area contributed by atoms with Gasteiger partial charge in [-0.3, -0.25) is 4.79 Å². The maximum atomic E-state index is 12.9. The molecule has 0 aliphatic heterocycles. The lowest BCUT2D eigenvalue weighted by Crippen LogP contribution is -2.27. The van der Waals surface area contributed by atoms with Crippen molar-refractivity contribution in [2.75, 3.05) is 7.05 Å². The Morgan fingerprint density at radius 3 is 2.63 bits per heavy atom. The van der Waals surface area contributed by atoms with E-state index in [4.69, 9.17) is 9.15 Å². The van der Waals surface area contributed by atoms with E-state index in [1.165, 1.54) is 29.2 Å². The van der Waals surface area contributed by atoms with Gasteiger partial charge in [-0.25, -0.2) is 14.4 Å². The lowest BCUT2D eigenvalue weighted by Gasteiger charge is -2.15. The molecule has 6 nitrogen and oxygen atoms in total. The summed E-state index contributed by atoms with van der Waals surface area (Å²) in [6.07, 6.45) is 0. The fraction of sp³-hybridized carbons (Fsp3) is 0.174. The maximum absolute atomic E-state index is 12.9. The van der Waals surface area contributed by atoms with Gasteiger partial charge >= 0.3 is 0 Å². The van der Waals surface area contributed by atoms with Gasteiger partial charge in [0.2, 0.25) is 0 Å². The van der Waals surface area contributed by atoms with E-state index in [0.29, 0.717) is 17.3 Å². The number of fused-ring (bicyclic) bond motifs is 1. The summed E-state index contributed by atoms with van der Waals surface area (Å²) in [5.74, 6) is 1.16. The highest BCUT2D eigenvalue weighted by Crippen LogP contribution is 2.18. The molecule has 0 saturated heterocycles. The van der Waals surface area contributed by atoms with E-state index in [1.54, 1.807) is 19.2 Å². The van der Waals surface area contributed by atoms with E-state index in [2.05, 4.69) is 9.97 Å². The van der Waals surface area contributed by atoms with Gasteiger partial charge in [0.15, 0.2) is 5.76 Å². The number of carbonyl (C=O) groups is 1. The van der Waals surface area contributed by atoms with Crippen LogP contribution in [0.5, 0.6) is 5.75 Å². The summed E-state index contributed by atoms with van der Waals surface area (Å²) < 4.78 is 24.1. The maximum Gasteiger partial charge on any atom is 0.289 e.